The summed E-state index contributed by atoms with van der Waals surface area (Å²) in [7, 11) is 0. The minimum atomic E-state index is -0.363. The third-order valence-electron chi connectivity index (χ3n) is 2.43. The van der Waals surface area contributed by atoms with Gasteiger partial charge < -0.3 is 0 Å². The lowest BCUT2D eigenvalue weighted by Gasteiger charge is -2.13. The summed E-state index contributed by atoms with van der Waals surface area (Å²) < 4.78 is 12.9. The second-order valence-electron chi connectivity index (χ2n) is 3.55. The highest BCUT2D eigenvalue weighted by Crippen LogP contribution is 2.22. The van der Waals surface area contributed by atoms with Crippen molar-refractivity contribution in [1.82, 2.24) is 20.8 Å². The molecule has 90 valence electrons. The Kier molecular flexibility index (Phi) is 3.68. The largest absolute Gasteiger partial charge is 0.271 e. The van der Waals surface area contributed by atoms with Gasteiger partial charge in [-0.1, -0.05) is 17.7 Å². The number of H-pyrrole nitrogens is 1. The number of aromatic nitrogens is 3. The molecule has 0 aliphatic rings. The highest BCUT2D eigenvalue weighted by atomic mass is 35.5. The second-order valence-corrected chi connectivity index (χ2v) is 3.96. The fourth-order valence-corrected chi connectivity index (χ4v) is 1.78. The summed E-state index contributed by atoms with van der Waals surface area (Å²) in [6.07, 6.45) is 2.07. The third kappa shape index (κ3) is 2.79. The van der Waals surface area contributed by atoms with Crippen LogP contribution >= 0.6 is 11.6 Å². The Morgan fingerprint density at radius 3 is 2.94 bits per heavy atom. The van der Waals surface area contributed by atoms with Gasteiger partial charge in [-0.15, -0.1) is 0 Å². The molecule has 0 aliphatic carbocycles. The topological polar surface area (TPSA) is 79.6 Å². The molecule has 1 aromatic heterocycles. The predicted octanol–water partition coefficient (Wildman–Crippen LogP) is 1.34. The van der Waals surface area contributed by atoms with Crippen LogP contribution in [0.2, 0.25) is 5.02 Å². The average molecular weight is 256 g/mol. The number of aromatic amines is 1. The third-order valence-corrected chi connectivity index (χ3v) is 2.78. The van der Waals surface area contributed by atoms with Crippen LogP contribution in [0.25, 0.3) is 0 Å². The van der Waals surface area contributed by atoms with Crippen LogP contribution in [-0.2, 0) is 6.42 Å². The molecule has 0 bridgehead atoms. The molecule has 5 nitrogen and oxygen atoms in total. The summed E-state index contributed by atoms with van der Waals surface area (Å²) in [5.74, 6) is 5.08. The number of hydrogen-bond acceptors (Lipinski definition) is 4. The van der Waals surface area contributed by atoms with E-state index >= 15 is 0 Å². The molecular formula is C10H11ClFN5. The van der Waals surface area contributed by atoms with E-state index in [1.54, 1.807) is 12.3 Å². The Morgan fingerprint density at radius 2 is 2.35 bits per heavy atom. The molecule has 1 heterocycles. The predicted molar refractivity (Wildman–Crippen MR) is 61.6 cm³/mol. The van der Waals surface area contributed by atoms with Gasteiger partial charge in [-0.05, 0) is 24.1 Å². The molecule has 17 heavy (non-hydrogen) atoms. The standard InChI is InChI=1S/C10H11ClFN5/c11-8-4-7(12)2-1-6(8)3-9(15-13)10-5-14-17-16-10/h1-2,4-5,9,15H,3,13H2,(H,14,16,17). The van der Waals surface area contributed by atoms with E-state index in [9.17, 15) is 4.39 Å². The van der Waals surface area contributed by atoms with Gasteiger partial charge in [-0.3, -0.25) is 11.3 Å². The minimum Gasteiger partial charge on any atom is -0.271 e. The van der Waals surface area contributed by atoms with Gasteiger partial charge in [0, 0.05) is 5.02 Å². The van der Waals surface area contributed by atoms with Crippen molar-refractivity contribution in [3.8, 4) is 0 Å². The molecule has 1 unspecified atom stereocenters. The van der Waals surface area contributed by atoms with Gasteiger partial charge in [0.15, 0.2) is 0 Å². The maximum Gasteiger partial charge on any atom is 0.124 e. The summed E-state index contributed by atoms with van der Waals surface area (Å²) in [5.41, 5.74) is 4.08. The molecule has 0 radical (unpaired) electrons. The van der Waals surface area contributed by atoms with E-state index in [2.05, 4.69) is 20.8 Å². The zero-order valence-electron chi connectivity index (χ0n) is 8.82. The molecule has 0 saturated heterocycles. The first-order chi connectivity index (χ1) is 8.20. The molecule has 2 rings (SSSR count). The summed E-state index contributed by atoms with van der Waals surface area (Å²) >= 11 is 5.94. The number of hydrogen-bond donors (Lipinski definition) is 3. The van der Waals surface area contributed by atoms with Crippen molar-refractivity contribution in [2.24, 2.45) is 5.84 Å². The van der Waals surface area contributed by atoms with Crippen molar-refractivity contribution in [3.05, 3.63) is 46.5 Å². The highest BCUT2D eigenvalue weighted by molar-refractivity contribution is 6.31. The SMILES string of the molecule is NNC(Cc1ccc(F)cc1Cl)c1cn[nH]n1. The number of rotatable bonds is 4. The van der Waals surface area contributed by atoms with Gasteiger partial charge in [0.25, 0.3) is 0 Å². The van der Waals surface area contributed by atoms with Crippen molar-refractivity contribution in [1.29, 1.82) is 0 Å². The molecule has 2 aromatic rings. The van der Waals surface area contributed by atoms with Gasteiger partial charge >= 0.3 is 0 Å². The maximum absolute atomic E-state index is 12.9. The lowest BCUT2D eigenvalue weighted by molar-refractivity contribution is 0.536. The van der Waals surface area contributed by atoms with Crippen molar-refractivity contribution in [3.63, 3.8) is 0 Å². The molecule has 0 aliphatic heterocycles. The molecule has 4 N–H and O–H groups in total. The second kappa shape index (κ2) is 5.22. The maximum atomic E-state index is 12.9. The number of halogens is 2. The molecule has 7 heteroatoms. The Hall–Kier alpha value is -1.50. The van der Waals surface area contributed by atoms with E-state index in [1.807, 2.05) is 0 Å². The lowest BCUT2D eigenvalue weighted by atomic mass is 10.0. The molecule has 0 spiro atoms. The number of benzene rings is 1. The van der Waals surface area contributed by atoms with Crippen LogP contribution in [0, 0.1) is 5.82 Å². The number of nitrogens with zero attached hydrogens (tertiary/aromatic N) is 2. The fraction of sp³-hybridized carbons (Fsp3) is 0.200. The molecule has 0 amide bonds. The fourth-order valence-electron chi connectivity index (χ4n) is 1.53. The highest BCUT2D eigenvalue weighted by Gasteiger charge is 2.15. The van der Waals surface area contributed by atoms with Crippen LogP contribution in [0.1, 0.15) is 17.3 Å². The van der Waals surface area contributed by atoms with E-state index in [0.29, 0.717) is 17.1 Å². The average Bonchev–Trinajstić information content (AvgIpc) is 2.81. The van der Waals surface area contributed by atoms with Crippen LogP contribution in [-0.4, -0.2) is 15.4 Å². The van der Waals surface area contributed by atoms with Crippen molar-refractivity contribution < 1.29 is 4.39 Å². The van der Waals surface area contributed by atoms with Crippen LogP contribution in [0.3, 0.4) is 0 Å². The van der Waals surface area contributed by atoms with Crippen LogP contribution in [0.15, 0.2) is 24.4 Å². The molecule has 0 saturated carbocycles. The van der Waals surface area contributed by atoms with Crippen molar-refractivity contribution in [2.45, 2.75) is 12.5 Å². The Balaban J connectivity index is 2.19. The van der Waals surface area contributed by atoms with Gasteiger partial charge in [0.05, 0.1) is 12.2 Å². The molecule has 1 atom stereocenters. The first kappa shape index (κ1) is 12.0. The Bertz CT molecular complexity index is 487. The molecular weight excluding hydrogens is 245 g/mol. The van der Waals surface area contributed by atoms with Gasteiger partial charge in [0.2, 0.25) is 0 Å². The smallest absolute Gasteiger partial charge is 0.124 e. The molecule has 1 aromatic carbocycles. The lowest BCUT2D eigenvalue weighted by Crippen LogP contribution is -2.30. The monoisotopic (exact) mass is 255 g/mol. The summed E-state index contributed by atoms with van der Waals surface area (Å²) in [6.45, 7) is 0. The first-order valence-corrected chi connectivity index (χ1v) is 5.34. The van der Waals surface area contributed by atoms with Crippen LogP contribution in [0.5, 0.6) is 0 Å². The van der Waals surface area contributed by atoms with Crippen molar-refractivity contribution in [2.75, 3.05) is 0 Å². The Labute approximate surface area is 102 Å². The summed E-state index contributed by atoms with van der Waals surface area (Å²) in [5, 5.41) is 10.5. The van der Waals surface area contributed by atoms with Gasteiger partial charge in [-0.2, -0.15) is 15.4 Å². The Morgan fingerprint density at radius 1 is 1.53 bits per heavy atom. The number of nitrogens with one attached hydrogen (secondary N) is 2. The zero-order chi connectivity index (χ0) is 12.3. The van der Waals surface area contributed by atoms with E-state index in [4.69, 9.17) is 17.4 Å². The first-order valence-electron chi connectivity index (χ1n) is 4.96. The minimum absolute atomic E-state index is 0.225. The van der Waals surface area contributed by atoms with Crippen LogP contribution < -0.4 is 11.3 Å². The van der Waals surface area contributed by atoms with Crippen molar-refractivity contribution >= 4 is 11.6 Å². The number of nitrogens with two attached hydrogens (primary N) is 1. The summed E-state index contributed by atoms with van der Waals surface area (Å²) in [4.78, 5) is 0. The van der Waals surface area contributed by atoms with E-state index in [-0.39, 0.29) is 11.9 Å². The zero-order valence-corrected chi connectivity index (χ0v) is 9.58. The van der Waals surface area contributed by atoms with Gasteiger partial charge in [-0.25, -0.2) is 4.39 Å². The van der Waals surface area contributed by atoms with E-state index in [0.717, 1.165) is 5.56 Å². The summed E-state index contributed by atoms with van der Waals surface area (Å²) in [6, 6.07) is 4.03. The number of hydrazine groups is 1. The molecule has 0 fully saturated rings. The van der Waals surface area contributed by atoms with E-state index < -0.39 is 0 Å². The van der Waals surface area contributed by atoms with E-state index in [1.165, 1.54) is 12.1 Å². The quantitative estimate of drug-likeness (QED) is 0.569. The normalized spacial score (nSPS) is 12.6. The van der Waals surface area contributed by atoms with Gasteiger partial charge in [0.1, 0.15) is 11.5 Å². The van der Waals surface area contributed by atoms with Crippen LogP contribution in [0.4, 0.5) is 4.39 Å².